The van der Waals surface area contributed by atoms with Crippen molar-refractivity contribution in [1.29, 1.82) is 0 Å². The highest BCUT2D eigenvalue weighted by Crippen LogP contribution is 2.18. The molecule has 0 spiro atoms. The first-order valence-corrected chi connectivity index (χ1v) is 5.60. The lowest BCUT2D eigenvalue weighted by atomic mass is 10.1. The van der Waals surface area contributed by atoms with Crippen LogP contribution >= 0.6 is 0 Å². The Morgan fingerprint density at radius 3 is 3.00 bits per heavy atom. The molecule has 17 heavy (non-hydrogen) atoms. The lowest BCUT2D eigenvalue weighted by Crippen LogP contribution is -2.43. The van der Waals surface area contributed by atoms with E-state index in [1.165, 1.54) is 0 Å². The van der Waals surface area contributed by atoms with Crippen molar-refractivity contribution in [2.45, 2.75) is 33.4 Å². The molecular weight excluding hydrogens is 222 g/mol. The average molecular weight is 237 g/mol. The lowest BCUT2D eigenvalue weighted by molar-refractivity contribution is 0.0520. The third kappa shape index (κ3) is 1.90. The molecule has 1 amide bonds. The van der Waals surface area contributed by atoms with E-state index in [-0.39, 0.29) is 24.1 Å². The number of carbonyl (C=O) groups excluding carboxylic acids is 2. The molecule has 6 heteroatoms. The first-order valence-electron chi connectivity index (χ1n) is 5.60. The van der Waals surface area contributed by atoms with Crippen molar-refractivity contribution in [2.24, 2.45) is 0 Å². The maximum atomic E-state index is 11.9. The summed E-state index contributed by atoms with van der Waals surface area (Å²) >= 11 is 0. The van der Waals surface area contributed by atoms with Gasteiger partial charge in [0.2, 0.25) is 0 Å². The molecule has 1 aromatic rings. The summed E-state index contributed by atoms with van der Waals surface area (Å²) in [5, 5.41) is 6.99. The molecule has 1 unspecified atom stereocenters. The van der Waals surface area contributed by atoms with Crippen LogP contribution in [-0.2, 0) is 11.3 Å². The molecule has 0 aliphatic carbocycles. The zero-order chi connectivity index (χ0) is 12.6. The highest BCUT2D eigenvalue weighted by Gasteiger charge is 2.31. The molecule has 92 valence electrons. The highest BCUT2D eigenvalue weighted by atomic mass is 16.5. The van der Waals surface area contributed by atoms with Crippen molar-refractivity contribution in [2.75, 3.05) is 6.61 Å². The molecular formula is C11H15N3O3. The van der Waals surface area contributed by atoms with Crippen LogP contribution in [0.3, 0.4) is 0 Å². The number of amides is 1. The molecule has 2 rings (SSSR count). The van der Waals surface area contributed by atoms with E-state index >= 15 is 0 Å². The van der Waals surface area contributed by atoms with Crippen LogP contribution in [0.15, 0.2) is 0 Å². The fraction of sp³-hybridized carbons (Fsp3) is 0.545. The van der Waals surface area contributed by atoms with Crippen LogP contribution in [0, 0.1) is 6.92 Å². The molecule has 2 heterocycles. The monoisotopic (exact) mass is 237 g/mol. The summed E-state index contributed by atoms with van der Waals surface area (Å²) < 4.78 is 6.51. The number of nitrogens with one attached hydrogen (secondary N) is 1. The molecule has 1 N–H and O–H groups in total. The first-order chi connectivity index (χ1) is 8.04. The molecule has 1 aliphatic heterocycles. The molecule has 0 bridgehead atoms. The Kier molecular flexibility index (Phi) is 2.87. The van der Waals surface area contributed by atoms with Gasteiger partial charge in [-0.05, 0) is 20.8 Å². The Balaban J connectivity index is 2.48. The van der Waals surface area contributed by atoms with E-state index in [2.05, 4.69) is 10.4 Å². The Morgan fingerprint density at radius 2 is 2.35 bits per heavy atom. The largest absolute Gasteiger partial charge is 0.462 e. The zero-order valence-corrected chi connectivity index (χ0v) is 10.1. The number of hydrogen-bond acceptors (Lipinski definition) is 4. The Labute approximate surface area is 98.9 Å². The SMILES string of the molecule is CCOC(=O)c1c(C)nn2c1C(=O)NC(C)C2. The molecule has 1 atom stereocenters. The van der Waals surface area contributed by atoms with Gasteiger partial charge >= 0.3 is 5.97 Å². The standard InChI is InChI=1S/C11H15N3O3/c1-4-17-11(16)8-7(3)13-14-5-6(2)12-10(15)9(8)14/h6H,4-5H2,1-3H3,(H,12,15). The molecule has 0 aromatic carbocycles. The topological polar surface area (TPSA) is 73.2 Å². The quantitative estimate of drug-likeness (QED) is 0.760. The van der Waals surface area contributed by atoms with Gasteiger partial charge in [-0.1, -0.05) is 0 Å². The summed E-state index contributed by atoms with van der Waals surface area (Å²) in [6, 6.07) is 0.0179. The van der Waals surface area contributed by atoms with Gasteiger partial charge in [-0.15, -0.1) is 0 Å². The van der Waals surface area contributed by atoms with E-state index in [0.717, 1.165) is 0 Å². The average Bonchev–Trinajstić information content (AvgIpc) is 2.54. The van der Waals surface area contributed by atoms with E-state index in [4.69, 9.17) is 4.74 Å². The van der Waals surface area contributed by atoms with Gasteiger partial charge in [-0.3, -0.25) is 9.48 Å². The van der Waals surface area contributed by atoms with Crippen molar-refractivity contribution in [3.05, 3.63) is 17.0 Å². The van der Waals surface area contributed by atoms with Crippen LogP contribution in [0.25, 0.3) is 0 Å². The summed E-state index contributed by atoms with van der Waals surface area (Å²) in [5.41, 5.74) is 1.11. The predicted molar refractivity (Wildman–Crippen MR) is 59.8 cm³/mol. The number of aromatic nitrogens is 2. The van der Waals surface area contributed by atoms with Crippen molar-refractivity contribution in [3.63, 3.8) is 0 Å². The summed E-state index contributed by atoms with van der Waals surface area (Å²) in [4.78, 5) is 23.6. The number of ether oxygens (including phenoxy) is 1. The fourth-order valence-corrected chi connectivity index (χ4v) is 1.99. The number of carbonyl (C=O) groups is 2. The van der Waals surface area contributed by atoms with Gasteiger partial charge in [0.05, 0.1) is 18.8 Å². The highest BCUT2D eigenvalue weighted by molar-refractivity contribution is 6.05. The normalized spacial score (nSPS) is 18.5. The van der Waals surface area contributed by atoms with Crippen LogP contribution in [0.1, 0.15) is 40.4 Å². The van der Waals surface area contributed by atoms with Crippen molar-refractivity contribution in [3.8, 4) is 0 Å². The third-order valence-corrected chi connectivity index (χ3v) is 2.65. The predicted octanol–water partition coefficient (Wildman–Crippen LogP) is 0.500. The van der Waals surface area contributed by atoms with Crippen molar-refractivity contribution in [1.82, 2.24) is 15.1 Å². The van der Waals surface area contributed by atoms with E-state index in [1.807, 2.05) is 6.92 Å². The lowest BCUT2D eigenvalue weighted by Gasteiger charge is -2.21. The maximum Gasteiger partial charge on any atom is 0.342 e. The summed E-state index contributed by atoms with van der Waals surface area (Å²) in [6.07, 6.45) is 0. The summed E-state index contributed by atoms with van der Waals surface area (Å²) in [5.74, 6) is -0.761. The van der Waals surface area contributed by atoms with Gasteiger partial charge in [-0.25, -0.2) is 4.79 Å². The molecule has 6 nitrogen and oxygen atoms in total. The van der Waals surface area contributed by atoms with Crippen LogP contribution in [-0.4, -0.2) is 34.3 Å². The van der Waals surface area contributed by atoms with Crippen LogP contribution in [0.2, 0.25) is 0 Å². The summed E-state index contributed by atoms with van der Waals surface area (Å²) in [6.45, 7) is 6.17. The van der Waals surface area contributed by atoms with Gasteiger partial charge in [0.15, 0.2) is 0 Å². The Bertz CT molecular complexity index is 479. The Hall–Kier alpha value is -1.85. The second-order valence-electron chi connectivity index (χ2n) is 4.09. The second kappa shape index (κ2) is 4.20. The minimum Gasteiger partial charge on any atom is -0.462 e. The number of aryl methyl sites for hydroxylation is 1. The van der Waals surface area contributed by atoms with Crippen LogP contribution in [0.5, 0.6) is 0 Å². The second-order valence-corrected chi connectivity index (χ2v) is 4.09. The summed E-state index contributed by atoms with van der Waals surface area (Å²) in [7, 11) is 0. The molecule has 1 aliphatic rings. The van der Waals surface area contributed by atoms with Crippen LogP contribution < -0.4 is 5.32 Å². The van der Waals surface area contributed by atoms with Gasteiger partial charge in [0.25, 0.3) is 5.91 Å². The van der Waals surface area contributed by atoms with E-state index in [0.29, 0.717) is 17.9 Å². The minimum absolute atomic E-state index is 0.0179. The van der Waals surface area contributed by atoms with Gasteiger partial charge < -0.3 is 10.1 Å². The van der Waals surface area contributed by atoms with E-state index in [1.54, 1.807) is 18.5 Å². The zero-order valence-electron chi connectivity index (χ0n) is 10.1. The molecule has 0 fully saturated rings. The van der Waals surface area contributed by atoms with E-state index in [9.17, 15) is 9.59 Å². The number of rotatable bonds is 2. The smallest absolute Gasteiger partial charge is 0.342 e. The number of fused-ring (bicyclic) bond motifs is 1. The van der Waals surface area contributed by atoms with Crippen molar-refractivity contribution >= 4 is 11.9 Å². The minimum atomic E-state index is -0.490. The number of hydrogen-bond donors (Lipinski definition) is 1. The molecule has 0 saturated heterocycles. The Morgan fingerprint density at radius 1 is 1.65 bits per heavy atom. The third-order valence-electron chi connectivity index (χ3n) is 2.65. The molecule has 0 saturated carbocycles. The number of nitrogens with zero attached hydrogens (tertiary/aromatic N) is 2. The molecule has 1 aromatic heterocycles. The van der Waals surface area contributed by atoms with Gasteiger partial charge in [-0.2, -0.15) is 5.10 Å². The fourth-order valence-electron chi connectivity index (χ4n) is 1.99. The van der Waals surface area contributed by atoms with Gasteiger partial charge in [0.1, 0.15) is 11.3 Å². The first kappa shape index (κ1) is 11.6. The van der Waals surface area contributed by atoms with Crippen LogP contribution in [0.4, 0.5) is 0 Å². The number of esters is 1. The van der Waals surface area contributed by atoms with Crippen molar-refractivity contribution < 1.29 is 14.3 Å². The maximum absolute atomic E-state index is 11.9. The molecule has 0 radical (unpaired) electrons. The van der Waals surface area contributed by atoms with E-state index < -0.39 is 5.97 Å². The van der Waals surface area contributed by atoms with Gasteiger partial charge in [0, 0.05) is 6.04 Å².